The van der Waals surface area contributed by atoms with Gasteiger partial charge in [-0.1, -0.05) is 335 Å². The number of carbonyl (C=O) groups excluding carboxylic acids is 1. The minimum Gasteiger partial charge on any atom is -0.391 e. The van der Waals surface area contributed by atoms with Crippen molar-refractivity contribution in [3.63, 3.8) is 0 Å². The van der Waals surface area contributed by atoms with Crippen LogP contribution < -0.4 is 5.32 Å². The number of aliphatic hydroxyl groups excluding tert-OH is 1. The Morgan fingerprint density at radius 2 is 0.658 bits per heavy atom. The summed E-state index contributed by atoms with van der Waals surface area (Å²) in [4.78, 5) is 23.4. The molecule has 0 aromatic rings. The largest absolute Gasteiger partial charge is 0.472 e. The topological polar surface area (TPSA) is 105 Å². The molecular weight excluding hydrogens is 924 g/mol. The third-order valence-electron chi connectivity index (χ3n) is 15.6. The second-order valence-electron chi connectivity index (χ2n) is 24.2. The minimum absolute atomic E-state index is 0.0794. The highest BCUT2D eigenvalue weighted by Gasteiger charge is 2.28. The van der Waals surface area contributed by atoms with Crippen LogP contribution >= 0.6 is 7.82 Å². The Kier molecular flexibility index (Phi) is 55.8. The summed E-state index contributed by atoms with van der Waals surface area (Å²) in [5.74, 6) is -0.134. The van der Waals surface area contributed by atoms with Crippen LogP contribution in [0.4, 0.5) is 0 Å². The van der Waals surface area contributed by atoms with E-state index in [1.54, 1.807) is 0 Å². The number of unbranched alkanes of at least 4 members (excludes halogenated alkanes) is 49. The van der Waals surface area contributed by atoms with Crippen molar-refractivity contribution in [2.24, 2.45) is 0 Å². The summed E-state index contributed by atoms with van der Waals surface area (Å²) in [5.41, 5.74) is 0. The molecule has 0 aliphatic heterocycles. The first-order valence-electron chi connectivity index (χ1n) is 32.9. The van der Waals surface area contributed by atoms with Crippen LogP contribution in [0.1, 0.15) is 354 Å². The average Bonchev–Trinajstić information content (AvgIpc) is 3.35. The number of hydrogen-bond acceptors (Lipinski definition) is 5. The van der Waals surface area contributed by atoms with E-state index in [4.69, 9.17) is 9.05 Å². The van der Waals surface area contributed by atoms with Gasteiger partial charge in [0, 0.05) is 6.42 Å². The normalized spacial score (nSPS) is 13.7. The summed E-state index contributed by atoms with van der Waals surface area (Å²) in [6.45, 7) is 4.96. The molecule has 0 radical (unpaired) electrons. The molecule has 8 nitrogen and oxygen atoms in total. The van der Waals surface area contributed by atoms with E-state index in [9.17, 15) is 19.4 Å². The smallest absolute Gasteiger partial charge is 0.391 e. The van der Waals surface area contributed by atoms with Gasteiger partial charge in [0.25, 0.3) is 0 Å². The molecule has 0 rings (SSSR count). The first-order chi connectivity index (χ1) is 35.5. The molecule has 0 fully saturated rings. The summed E-state index contributed by atoms with van der Waals surface area (Å²) in [5, 5.41) is 14.1. The number of nitrogens with one attached hydrogen (secondary N) is 1. The Morgan fingerprint density at radius 3 is 0.918 bits per heavy atom. The molecule has 0 saturated heterocycles. The van der Waals surface area contributed by atoms with Gasteiger partial charge < -0.3 is 19.8 Å². The molecule has 3 atom stereocenters. The Bertz CT molecular complexity index is 1150. The zero-order valence-electron chi connectivity index (χ0n) is 50.2. The van der Waals surface area contributed by atoms with Gasteiger partial charge in [-0.05, 0) is 12.8 Å². The van der Waals surface area contributed by atoms with Crippen molar-refractivity contribution < 1.29 is 32.9 Å². The molecular formula is C64H132N2O6P+. The van der Waals surface area contributed by atoms with Crippen molar-refractivity contribution in [3.8, 4) is 0 Å². The van der Waals surface area contributed by atoms with Crippen molar-refractivity contribution in [3.05, 3.63) is 0 Å². The highest BCUT2D eigenvalue weighted by molar-refractivity contribution is 7.47. The van der Waals surface area contributed by atoms with Crippen molar-refractivity contribution in [2.75, 3.05) is 40.9 Å². The number of phosphoric ester groups is 1. The van der Waals surface area contributed by atoms with Crippen LogP contribution in [0.25, 0.3) is 0 Å². The van der Waals surface area contributed by atoms with E-state index in [0.29, 0.717) is 23.9 Å². The summed E-state index contributed by atoms with van der Waals surface area (Å²) in [7, 11) is 1.64. The SMILES string of the molecule is CCCCCCCCCCCCCCCCCCCCCCCCCCCCCCCCC(O)C(COP(=O)(O)OCC[N+](C)(C)C)NC(=O)CCCCCCCCCCCCCCCCCCCCCCC. The molecule has 73 heavy (non-hydrogen) atoms. The number of nitrogens with zero attached hydrogens (tertiary/aromatic N) is 1. The number of hydrogen-bond donors (Lipinski definition) is 3. The number of rotatable bonds is 62. The van der Waals surface area contributed by atoms with Crippen LogP contribution in [0.5, 0.6) is 0 Å². The maximum atomic E-state index is 13.0. The quantitative estimate of drug-likeness (QED) is 0.0318. The van der Waals surface area contributed by atoms with E-state index in [1.165, 1.54) is 289 Å². The average molecular weight is 1060 g/mol. The number of likely N-dealkylation sites (N-methyl/N-ethyl adjacent to an activating group) is 1. The van der Waals surface area contributed by atoms with Gasteiger partial charge in [-0.25, -0.2) is 4.57 Å². The number of carbonyl (C=O) groups is 1. The van der Waals surface area contributed by atoms with Gasteiger partial charge in [0.1, 0.15) is 13.2 Å². The minimum atomic E-state index is -4.32. The number of quaternary nitrogens is 1. The summed E-state index contributed by atoms with van der Waals surface area (Å²) >= 11 is 0. The second kappa shape index (κ2) is 56.2. The van der Waals surface area contributed by atoms with Gasteiger partial charge in [-0.2, -0.15) is 0 Å². The molecule has 0 aromatic heterocycles. The fraction of sp³-hybridized carbons (Fsp3) is 0.984. The monoisotopic (exact) mass is 1060 g/mol. The van der Waals surface area contributed by atoms with Crippen LogP contribution in [0.15, 0.2) is 0 Å². The fourth-order valence-electron chi connectivity index (χ4n) is 10.5. The lowest BCUT2D eigenvalue weighted by molar-refractivity contribution is -0.870. The van der Waals surface area contributed by atoms with Crippen molar-refractivity contribution in [1.29, 1.82) is 0 Å². The Labute approximate surface area is 457 Å². The summed E-state index contributed by atoms with van der Waals surface area (Å²) in [6.07, 6.45) is 69.0. The van der Waals surface area contributed by atoms with Crippen LogP contribution in [-0.4, -0.2) is 73.4 Å². The predicted octanol–water partition coefficient (Wildman–Crippen LogP) is 20.4. The first kappa shape index (κ1) is 72.5. The molecule has 9 heteroatoms. The number of phosphoric acid groups is 1. The second-order valence-corrected chi connectivity index (χ2v) is 25.7. The highest BCUT2D eigenvalue weighted by atomic mass is 31.2. The molecule has 0 bridgehead atoms. The van der Waals surface area contributed by atoms with Gasteiger partial charge in [0.15, 0.2) is 0 Å². The number of aliphatic hydroxyl groups is 1. The highest BCUT2D eigenvalue weighted by Crippen LogP contribution is 2.43. The number of amides is 1. The third kappa shape index (κ3) is 59.0. The maximum Gasteiger partial charge on any atom is 0.472 e. The van der Waals surface area contributed by atoms with E-state index in [-0.39, 0.29) is 19.1 Å². The zero-order chi connectivity index (χ0) is 53.5. The lowest BCUT2D eigenvalue weighted by atomic mass is 10.0. The van der Waals surface area contributed by atoms with Crippen LogP contribution in [-0.2, 0) is 18.4 Å². The van der Waals surface area contributed by atoms with Gasteiger partial charge >= 0.3 is 7.82 Å². The predicted molar refractivity (Wildman–Crippen MR) is 319 cm³/mol. The van der Waals surface area contributed by atoms with E-state index in [2.05, 4.69) is 19.2 Å². The molecule has 0 spiro atoms. The lowest BCUT2D eigenvalue weighted by Crippen LogP contribution is -2.46. The van der Waals surface area contributed by atoms with Gasteiger partial charge in [0.05, 0.1) is 39.9 Å². The molecule has 0 aromatic carbocycles. The van der Waals surface area contributed by atoms with E-state index in [0.717, 1.165) is 38.5 Å². The van der Waals surface area contributed by atoms with Crippen LogP contribution in [0.3, 0.4) is 0 Å². The van der Waals surface area contributed by atoms with Crippen molar-refractivity contribution in [2.45, 2.75) is 366 Å². The molecule has 3 N–H and O–H groups in total. The maximum absolute atomic E-state index is 13.0. The van der Waals surface area contributed by atoms with Crippen LogP contribution in [0, 0.1) is 0 Å². The van der Waals surface area contributed by atoms with Crippen LogP contribution in [0.2, 0.25) is 0 Å². The zero-order valence-corrected chi connectivity index (χ0v) is 51.1. The molecule has 0 aliphatic carbocycles. The summed E-state index contributed by atoms with van der Waals surface area (Å²) < 4.78 is 23.9. The molecule has 0 heterocycles. The Balaban J connectivity index is 4.01. The van der Waals surface area contributed by atoms with Crippen molar-refractivity contribution in [1.82, 2.24) is 5.32 Å². The van der Waals surface area contributed by atoms with E-state index in [1.807, 2.05) is 21.1 Å². The van der Waals surface area contributed by atoms with E-state index >= 15 is 0 Å². The standard InChI is InChI=1S/C64H131N2O6P/c1-6-8-10-12-14-16-18-20-22-24-26-28-29-30-31-32-33-34-35-36-38-39-41-43-45-47-49-51-53-55-57-63(67)62(61-72-73(69,70)71-60-59-66(3,4)5)65-64(68)58-56-54-52-50-48-46-44-42-40-37-27-25-23-21-19-17-15-13-11-9-7-2/h62-63,67H,6-61H2,1-5H3,(H-,65,68,69,70)/p+1. The van der Waals surface area contributed by atoms with Gasteiger partial charge in [-0.3, -0.25) is 13.8 Å². The third-order valence-corrected chi connectivity index (χ3v) is 16.6. The Morgan fingerprint density at radius 1 is 0.411 bits per heavy atom. The molecule has 1 amide bonds. The fourth-order valence-corrected chi connectivity index (χ4v) is 11.2. The lowest BCUT2D eigenvalue weighted by Gasteiger charge is -2.26. The first-order valence-corrected chi connectivity index (χ1v) is 34.4. The molecule has 3 unspecified atom stereocenters. The van der Waals surface area contributed by atoms with Gasteiger partial charge in [-0.15, -0.1) is 0 Å². The van der Waals surface area contributed by atoms with Gasteiger partial charge in [0.2, 0.25) is 5.91 Å². The molecule has 0 aliphatic rings. The van der Waals surface area contributed by atoms with Crippen molar-refractivity contribution >= 4 is 13.7 Å². The molecule has 438 valence electrons. The molecule has 0 saturated carbocycles. The Hall–Kier alpha value is -0.500. The summed E-state index contributed by atoms with van der Waals surface area (Å²) in [6, 6.07) is -0.756. The van der Waals surface area contributed by atoms with E-state index < -0.39 is 20.0 Å².